The number of hydrogen-bond acceptors (Lipinski definition) is 2. The number of nitrogens with one attached hydrogen (secondary N) is 1. The van der Waals surface area contributed by atoms with E-state index < -0.39 is 11.5 Å². The van der Waals surface area contributed by atoms with Crippen LogP contribution >= 0.6 is 0 Å². The van der Waals surface area contributed by atoms with Crippen molar-refractivity contribution in [1.82, 2.24) is 5.32 Å². The Balaban J connectivity index is 2.59. The van der Waals surface area contributed by atoms with Gasteiger partial charge >= 0.3 is 5.97 Å². The van der Waals surface area contributed by atoms with E-state index in [1.807, 2.05) is 6.92 Å². The summed E-state index contributed by atoms with van der Waals surface area (Å²) in [5.74, 6) is -0.765. The molecule has 1 rings (SSSR count). The third-order valence-electron chi connectivity index (χ3n) is 2.94. The highest BCUT2D eigenvalue weighted by atomic mass is 16.4. The Morgan fingerprint density at radius 1 is 1.71 bits per heavy atom. The highest BCUT2D eigenvalue weighted by Crippen LogP contribution is 2.16. The van der Waals surface area contributed by atoms with Gasteiger partial charge in [-0.2, -0.15) is 0 Å². The van der Waals surface area contributed by atoms with Crippen molar-refractivity contribution in [2.24, 2.45) is 0 Å². The summed E-state index contributed by atoms with van der Waals surface area (Å²) in [5.41, 5.74) is -0.785. The fourth-order valence-electron chi connectivity index (χ4n) is 1.66. The van der Waals surface area contributed by atoms with Crippen molar-refractivity contribution in [3.8, 4) is 0 Å². The topological polar surface area (TPSA) is 49.3 Å². The number of carboxylic acid groups (broad SMARTS) is 1. The Morgan fingerprint density at radius 2 is 2.43 bits per heavy atom. The van der Waals surface area contributed by atoms with Crippen molar-refractivity contribution in [2.45, 2.75) is 51.1 Å². The van der Waals surface area contributed by atoms with Gasteiger partial charge in [-0.25, -0.2) is 0 Å². The van der Waals surface area contributed by atoms with E-state index in [0.29, 0.717) is 6.42 Å². The van der Waals surface area contributed by atoms with Crippen LogP contribution in [-0.4, -0.2) is 22.7 Å². The molecule has 0 saturated carbocycles. The van der Waals surface area contributed by atoms with Crippen LogP contribution in [0.1, 0.15) is 39.5 Å². The van der Waals surface area contributed by atoms with Gasteiger partial charge in [-0.3, -0.25) is 10.1 Å². The maximum Gasteiger partial charge on any atom is 0.323 e. The lowest BCUT2D eigenvalue weighted by Crippen LogP contribution is -2.53. The summed E-state index contributed by atoms with van der Waals surface area (Å²) in [4.78, 5) is 11.0. The minimum absolute atomic E-state index is 0.227. The lowest BCUT2D eigenvalue weighted by molar-refractivity contribution is -0.144. The quantitative estimate of drug-likeness (QED) is 0.677. The maximum absolute atomic E-state index is 11.0. The Kier molecular flexibility index (Phi) is 3.69. The Bertz CT molecular complexity index is 237. The average Bonchev–Trinajstić information content (AvgIpc) is 2.19. The number of hydrogen-bond donors (Lipinski definition) is 2. The summed E-state index contributed by atoms with van der Waals surface area (Å²) in [6, 6.07) is 0.227. The first-order valence-electron chi connectivity index (χ1n) is 5.26. The van der Waals surface area contributed by atoms with Crippen LogP contribution < -0.4 is 5.32 Å². The minimum atomic E-state index is -0.785. The summed E-state index contributed by atoms with van der Waals surface area (Å²) in [6.45, 7) is 3.64. The molecule has 0 saturated heterocycles. The lowest BCUT2D eigenvalue weighted by atomic mass is 9.94. The lowest BCUT2D eigenvalue weighted by Gasteiger charge is -2.30. The van der Waals surface area contributed by atoms with Gasteiger partial charge < -0.3 is 5.11 Å². The van der Waals surface area contributed by atoms with Gasteiger partial charge in [0.05, 0.1) is 0 Å². The average molecular weight is 197 g/mol. The van der Waals surface area contributed by atoms with E-state index in [1.165, 1.54) is 0 Å². The number of carboxylic acids is 1. The molecule has 0 amide bonds. The van der Waals surface area contributed by atoms with Crippen molar-refractivity contribution in [1.29, 1.82) is 0 Å². The van der Waals surface area contributed by atoms with Crippen LogP contribution in [0.2, 0.25) is 0 Å². The predicted octanol–water partition coefficient (Wildman–Crippen LogP) is 1.94. The fourth-order valence-corrected chi connectivity index (χ4v) is 1.66. The zero-order valence-corrected chi connectivity index (χ0v) is 8.92. The summed E-state index contributed by atoms with van der Waals surface area (Å²) in [7, 11) is 0. The molecule has 0 fully saturated rings. The van der Waals surface area contributed by atoms with Crippen LogP contribution in [0.15, 0.2) is 12.2 Å². The fraction of sp³-hybridized carbons (Fsp3) is 0.727. The zero-order chi connectivity index (χ0) is 10.6. The smallest absolute Gasteiger partial charge is 0.323 e. The Labute approximate surface area is 85.2 Å². The van der Waals surface area contributed by atoms with Gasteiger partial charge in [-0.15, -0.1) is 0 Å². The van der Waals surface area contributed by atoms with Crippen molar-refractivity contribution in [3.63, 3.8) is 0 Å². The number of allylic oxidation sites excluding steroid dienone is 1. The maximum atomic E-state index is 11.0. The molecule has 2 N–H and O–H groups in total. The van der Waals surface area contributed by atoms with E-state index in [0.717, 1.165) is 19.3 Å². The summed E-state index contributed by atoms with van der Waals surface area (Å²) in [5, 5.41) is 12.3. The first kappa shape index (κ1) is 11.2. The van der Waals surface area contributed by atoms with E-state index >= 15 is 0 Å². The van der Waals surface area contributed by atoms with Gasteiger partial charge in [-0.05, 0) is 32.6 Å². The molecule has 0 aliphatic heterocycles. The molecule has 3 nitrogen and oxygen atoms in total. The van der Waals surface area contributed by atoms with Crippen LogP contribution in [0.5, 0.6) is 0 Å². The van der Waals surface area contributed by atoms with Crippen molar-refractivity contribution < 1.29 is 9.90 Å². The molecule has 1 aliphatic rings. The van der Waals surface area contributed by atoms with Crippen molar-refractivity contribution >= 4 is 5.97 Å². The highest BCUT2D eigenvalue weighted by Gasteiger charge is 2.32. The molecule has 2 atom stereocenters. The van der Waals surface area contributed by atoms with E-state index in [-0.39, 0.29) is 6.04 Å². The van der Waals surface area contributed by atoms with E-state index in [9.17, 15) is 4.79 Å². The van der Waals surface area contributed by atoms with Gasteiger partial charge in [0.2, 0.25) is 0 Å². The second-order valence-corrected chi connectivity index (χ2v) is 4.10. The largest absolute Gasteiger partial charge is 0.480 e. The summed E-state index contributed by atoms with van der Waals surface area (Å²) < 4.78 is 0. The molecule has 0 bridgehead atoms. The monoisotopic (exact) mass is 197 g/mol. The first-order valence-corrected chi connectivity index (χ1v) is 5.26. The zero-order valence-electron chi connectivity index (χ0n) is 8.92. The van der Waals surface area contributed by atoms with Gasteiger partial charge in [0, 0.05) is 6.04 Å². The van der Waals surface area contributed by atoms with Crippen LogP contribution in [0, 0.1) is 0 Å². The molecule has 0 radical (unpaired) electrons. The van der Waals surface area contributed by atoms with Crippen LogP contribution in [0.25, 0.3) is 0 Å². The molecule has 14 heavy (non-hydrogen) atoms. The molecule has 80 valence electrons. The van der Waals surface area contributed by atoms with E-state index in [2.05, 4.69) is 17.5 Å². The normalized spacial score (nSPS) is 25.7. The molecule has 0 aromatic heterocycles. The minimum Gasteiger partial charge on any atom is -0.480 e. The standard InChI is InChI=1S/C11H19NO2/c1-3-11(2,10(13)14)12-9-7-5-4-6-8-9/h5,7,9,12H,3-4,6,8H2,1-2H3,(H,13,14). The number of carbonyl (C=O) groups is 1. The van der Waals surface area contributed by atoms with E-state index in [4.69, 9.17) is 5.11 Å². The molecule has 0 heterocycles. The van der Waals surface area contributed by atoms with Gasteiger partial charge in [-0.1, -0.05) is 19.1 Å². The number of aliphatic carboxylic acids is 1. The SMILES string of the molecule is CCC(C)(NC1C=CCCC1)C(=O)O. The van der Waals surface area contributed by atoms with Crippen LogP contribution in [-0.2, 0) is 4.79 Å². The third kappa shape index (κ3) is 2.58. The second kappa shape index (κ2) is 4.60. The Morgan fingerprint density at radius 3 is 2.86 bits per heavy atom. The van der Waals surface area contributed by atoms with E-state index in [1.54, 1.807) is 6.92 Å². The molecular weight excluding hydrogens is 178 g/mol. The first-order chi connectivity index (χ1) is 6.58. The molecule has 2 unspecified atom stereocenters. The van der Waals surface area contributed by atoms with Crippen molar-refractivity contribution in [2.75, 3.05) is 0 Å². The van der Waals surface area contributed by atoms with Crippen molar-refractivity contribution in [3.05, 3.63) is 12.2 Å². The highest BCUT2D eigenvalue weighted by molar-refractivity contribution is 5.78. The predicted molar refractivity (Wildman–Crippen MR) is 56.2 cm³/mol. The molecule has 3 heteroatoms. The molecule has 0 spiro atoms. The van der Waals surface area contributed by atoms with Gasteiger partial charge in [0.1, 0.15) is 5.54 Å². The Hall–Kier alpha value is -0.830. The number of rotatable bonds is 4. The third-order valence-corrected chi connectivity index (χ3v) is 2.94. The van der Waals surface area contributed by atoms with Crippen LogP contribution in [0.4, 0.5) is 0 Å². The molecule has 1 aliphatic carbocycles. The summed E-state index contributed by atoms with van der Waals surface area (Å²) in [6.07, 6.45) is 8.12. The molecule has 0 aromatic rings. The van der Waals surface area contributed by atoms with Gasteiger partial charge in [0.25, 0.3) is 0 Å². The van der Waals surface area contributed by atoms with Gasteiger partial charge in [0.15, 0.2) is 0 Å². The van der Waals surface area contributed by atoms with Crippen LogP contribution in [0.3, 0.4) is 0 Å². The molecular formula is C11H19NO2. The summed E-state index contributed by atoms with van der Waals surface area (Å²) >= 11 is 0. The second-order valence-electron chi connectivity index (χ2n) is 4.10. The molecule has 0 aromatic carbocycles.